The fourth-order valence-electron chi connectivity index (χ4n) is 5.78. The molecule has 3 unspecified atom stereocenters. The summed E-state index contributed by atoms with van der Waals surface area (Å²) >= 11 is 3.65. The highest BCUT2D eigenvalue weighted by atomic mass is 79.9. The molecule has 0 aromatic heterocycles. The predicted octanol–water partition coefficient (Wildman–Crippen LogP) is 1.90. The number of likely N-dealkylation sites (tertiary alicyclic amines) is 1. The van der Waals surface area contributed by atoms with Gasteiger partial charge in [0.1, 0.15) is 11.6 Å². The van der Waals surface area contributed by atoms with Gasteiger partial charge in [-0.25, -0.2) is 0 Å². The first-order chi connectivity index (χ1) is 15.7. The fraction of sp³-hybridized carbons (Fsp3) is 0.625. The Bertz CT molecular complexity index is 956. The molecule has 1 spiro atoms. The molecule has 2 bridgehead atoms. The molecule has 0 radical (unpaired) electrons. The van der Waals surface area contributed by atoms with Crippen molar-refractivity contribution in [3.05, 3.63) is 29.3 Å². The molecule has 0 saturated carbocycles. The highest BCUT2D eigenvalue weighted by Crippen LogP contribution is 2.60. The molecule has 33 heavy (non-hydrogen) atoms. The van der Waals surface area contributed by atoms with Gasteiger partial charge in [-0.15, -0.1) is 0 Å². The van der Waals surface area contributed by atoms with Gasteiger partial charge in [-0.3, -0.25) is 14.4 Å². The minimum absolute atomic E-state index is 0.0891. The lowest BCUT2D eigenvalue weighted by Gasteiger charge is -2.34. The Morgan fingerprint density at radius 1 is 1.24 bits per heavy atom. The third-order valence-corrected chi connectivity index (χ3v) is 8.14. The van der Waals surface area contributed by atoms with E-state index in [0.29, 0.717) is 31.5 Å². The predicted molar refractivity (Wildman–Crippen MR) is 127 cm³/mol. The summed E-state index contributed by atoms with van der Waals surface area (Å²) in [6.07, 6.45) is 2.07. The molecule has 9 heteroatoms. The summed E-state index contributed by atoms with van der Waals surface area (Å²) in [4.78, 5) is 41.7. The van der Waals surface area contributed by atoms with Crippen LogP contribution < -0.4 is 10.6 Å². The van der Waals surface area contributed by atoms with Crippen molar-refractivity contribution in [2.24, 2.45) is 11.8 Å². The largest absolute Gasteiger partial charge is 0.396 e. The molecule has 0 aliphatic carbocycles. The first kappa shape index (κ1) is 24.2. The number of ether oxygens (including phenoxy) is 1. The Balaban J connectivity index is 1.69. The maximum absolute atomic E-state index is 13.8. The van der Waals surface area contributed by atoms with Gasteiger partial charge in [-0.05, 0) is 56.7 Å². The summed E-state index contributed by atoms with van der Waals surface area (Å²) in [5.41, 5.74) is 1.61. The number of hydrogen-bond acceptors (Lipinski definition) is 5. The van der Waals surface area contributed by atoms with Crippen LogP contribution in [0.2, 0.25) is 0 Å². The number of benzene rings is 1. The van der Waals surface area contributed by atoms with Crippen LogP contribution in [0.5, 0.6) is 0 Å². The van der Waals surface area contributed by atoms with E-state index in [1.165, 1.54) is 0 Å². The highest BCUT2D eigenvalue weighted by molar-refractivity contribution is 9.09. The van der Waals surface area contributed by atoms with Crippen LogP contribution in [-0.2, 0) is 19.1 Å². The van der Waals surface area contributed by atoms with Crippen LogP contribution in [0.4, 0.5) is 5.69 Å². The second-order valence-electron chi connectivity index (χ2n) is 9.40. The lowest BCUT2D eigenvalue weighted by Crippen LogP contribution is -2.54. The van der Waals surface area contributed by atoms with Gasteiger partial charge in [0.15, 0.2) is 0 Å². The van der Waals surface area contributed by atoms with E-state index in [4.69, 9.17) is 9.84 Å². The number of unbranched alkanes of at least 4 members (excludes halogenated alkanes) is 2. The molecule has 3 fully saturated rings. The van der Waals surface area contributed by atoms with Crippen molar-refractivity contribution in [1.82, 2.24) is 10.2 Å². The van der Waals surface area contributed by atoms with E-state index < -0.39 is 29.6 Å². The average molecular weight is 522 g/mol. The Morgan fingerprint density at radius 3 is 2.70 bits per heavy atom. The molecule has 3 amide bonds. The van der Waals surface area contributed by atoms with Gasteiger partial charge in [-0.2, -0.15) is 0 Å². The van der Waals surface area contributed by atoms with E-state index in [0.717, 1.165) is 17.5 Å². The van der Waals surface area contributed by atoms with Gasteiger partial charge in [-0.1, -0.05) is 28.1 Å². The standard InChI is InChI=1S/C24H32BrN3O5/c1-13-7-8-14(2)16(11-13)27-22(31)20-24-12-15(25)19(33-24)17(21(30)26-3)18(24)23(32)28(20)9-5-4-6-10-29/h7-8,11,15,17-20,29H,4-6,9-10,12H2,1-3H3,(H,26,30)(H,27,31)/t15?,17-,18-,19-,20?,24?/m0/s1. The lowest BCUT2D eigenvalue weighted by atomic mass is 9.70. The number of carbonyl (C=O) groups is 3. The number of rotatable bonds is 8. The number of halogens is 1. The number of aliphatic hydroxyl groups excluding tert-OH is 1. The monoisotopic (exact) mass is 521 g/mol. The number of hydrogen-bond donors (Lipinski definition) is 3. The van der Waals surface area contributed by atoms with Crippen molar-refractivity contribution in [1.29, 1.82) is 0 Å². The number of aliphatic hydroxyl groups is 1. The van der Waals surface area contributed by atoms with Gasteiger partial charge in [0.05, 0.1) is 17.9 Å². The van der Waals surface area contributed by atoms with Crippen molar-refractivity contribution in [2.45, 2.75) is 62.1 Å². The molecule has 3 saturated heterocycles. The van der Waals surface area contributed by atoms with Crippen LogP contribution in [0, 0.1) is 25.7 Å². The van der Waals surface area contributed by atoms with Crippen molar-refractivity contribution in [2.75, 3.05) is 25.5 Å². The number of nitrogens with one attached hydrogen (secondary N) is 2. The summed E-state index contributed by atoms with van der Waals surface area (Å²) in [6.45, 7) is 4.35. The molecule has 3 N–H and O–H groups in total. The number of anilines is 1. The molecule has 4 rings (SSSR count). The average Bonchev–Trinajstić information content (AvgIpc) is 3.37. The number of aryl methyl sites for hydroxylation is 2. The lowest BCUT2D eigenvalue weighted by molar-refractivity contribution is -0.140. The van der Waals surface area contributed by atoms with Crippen molar-refractivity contribution < 1.29 is 24.2 Å². The van der Waals surface area contributed by atoms with Gasteiger partial charge in [0, 0.05) is 30.7 Å². The summed E-state index contributed by atoms with van der Waals surface area (Å²) in [5, 5.41) is 14.8. The third-order valence-electron chi connectivity index (χ3n) is 7.29. The number of carbonyl (C=O) groups excluding carboxylic acids is 3. The summed E-state index contributed by atoms with van der Waals surface area (Å²) in [7, 11) is 1.56. The molecular formula is C24H32BrN3O5. The second-order valence-corrected chi connectivity index (χ2v) is 10.6. The molecule has 3 aliphatic heterocycles. The molecule has 1 aromatic carbocycles. The molecule has 180 valence electrons. The van der Waals surface area contributed by atoms with Gasteiger partial charge in [0.2, 0.25) is 17.7 Å². The molecule has 3 aliphatic rings. The minimum Gasteiger partial charge on any atom is -0.396 e. The van der Waals surface area contributed by atoms with Crippen LogP contribution in [0.25, 0.3) is 0 Å². The van der Waals surface area contributed by atoms with Gasteiger partial charge < -0.3 is 25.4 Å². The van der Waals surface area contributed by atoms with Crippen molar-refractivity contribution >= 4 is 39.3 Å². The topological polar surface area (TPSA) is 108 Å². The molecule has 8 nitrogen and oxygen atoms in total. The van der Waals surface area contributed by atoms with Gasteiger partial charge >= 0.3 is 0 Å². The van der Waals surface area contributed by atoms with E-state index in [-0.39, 0.29) is 29.2 Å². The number of nitrogens with zero attached hydrogens (tertiary/aromatic N) is 1. The Morgan fingerprint density at radius 2 is 2.00 bits per heavy atom. The molecular weight excluding hydrogens is 490 g/mol. The zero-order valence-electron chi connectivity index (χ0n) is 19.3. The number of fused-ring (bicyclic) bond motifs is 1. The molecule has 6 atom stereocenters. The van der Waals surface area contributed by atoms with E-state index in [9.17, 15) is 14.4 Å². The first-order valence-corrected chi connectivity index (χ1v) is 12.5. The third kappa shape index (κ3) is 3.98. The van der Waals surface area contributed by atoms with Gasteiger partial charge in [0.25, 0.3) is 0 Å². The van der Waals surface area contributed by atoms with Crippen LogP contribution in [0.1, 0.15) is 36.8 Å². The zero-order valence-corrected chi connectivity index (χ0v) is 20.9. The van der Waals surface area contributed by atoms with E-state index in [1.54, 1.807) is 11.9 Å². The van der Waals surface area contributed by atoms with E-state index in [2.05, 4.69) is 26.6 Å². The zero-order chi connectivity index (χ0) is 23.9. The Hall–Kier alpha value is -1.97. The quantitative estimate of drug-likeness (QED) is 0.357. The van der Waals surface area contributed by atoms with Crippen LogP contribution in [0.3, 0.4) is 0 Å². The fourth-order valence-corrected chi connectivity index (χ4v) is 6.72. The van der Waals surface area contributed by atoms with Crippen LogP contribution in [-0.4, -0.2) is 70.5 Å². The first-order valence-electron chi connectivity index (χ1n) is 11.6. The van der Waals surface area contributed by atoms with E-state index >= 15 is 0 Å². The normalized spacial score (nSPS) is 32.2. The van der Waals surface area contributed by atoms with Crippen LogP contribution >= 0.6 is 15.9 Å². The number of amides is 3. The van der Waals surface area contributed by atoms with Crippen molar-refractivity contribution in [3.8, 4) is 0 Å². The SMILES string of the molecule is CNC(=O)[C@H]1[C@H]2C(=O)N(CCCCCO)C(C(=O)Nc3cc(C)ccc3C)C23CC(Br)[C@@H]1O3. The summed E-state index contributed by atoms with van der Waals surface area (Å²) in [6, 6.07) is 5.02. The summed E-state index contributed by atoms with van der Waals surface area (Å²) < 4.78 is 6.41. The second kappa shape index (κ2) is 9.35. The van der Waals surface area contributed by atoms with Crippen LogP contribution in [0.15, 0.2) is 18.2 Å². The van der Waals surface area contributed by atoms with E-state index in [1.807, 2.05) is 32.0 Å². The Labute approximate surface area is 202 Å². The molecule has 3 heterocycles. The Kier molecular flexibility index (Phi) is 6.85. The minimum atomic E-state index is -1.05. The maximum Gasteiger partial charge on any atom is 0.250 e. The summed E-state index contributed by atoms with van der Waals surface area (Å²) in [5.74, 6) is -2.06. The highest BCUT2D eigenvalue weighted by Gasteiger charge is 2.76. The molecule has 1 aromatic rings. The number of alkyl halides is 1. The van der Waals surface area contributed by atoms with Crippen molar-refractivity contribution in [3.63, 3.8) is 0 Å². The smallest absolute Gasteiger partial charge is 0.250 e. The maximum atomic E-state index is 13.8.